The Morgan fingerprint density at radius 1 is 1.26 bits per heavy atom. The molecule has 0 amide bonds. The second-order valence-electron chi connectivity index (χ2n) is 3.68. The molecule has 1 aromatic rings. The third-order valence-electron chi connectivity index (χ3n) is 2.34. The smallest absolute Gasteiger partial charge is 0.191 e. The van der Waals surface area contributed by atoms with Crippen molar-refractivity contribution in [1.29, 1.82) is 0 Å². The Morgan fingerprint density at radius 3 is 2.42 bits per heavy atom. The molecule has 0 aliphatic carbocycles. The normalized spacial score (nSPS) is 9.26. The van der Waals surface area contributed by atoms with E-state index in [4.69, 9.17) is 4.74 Å². The lowest BCUT2D eigenvalue weighted by Crippen LogP contribution is -2.36. The van der Waals surface area contributed by atoms with Gasteiger partial charge in [-0.15, -0.1) is 24.0 Å². The van der Waals surface area contributed by atoms with E-state index in [0.29, 0.717) is 6.54 Å². The molecule has 19 heavy (non-hydrogen) atoms. The summed E-state index contributed by atoms with van der Waals surface area (Å²) in [4.78, 5) is 4.52. The van der Waals surface area contributed by atoms with Crippen molar-refractivity contribution in [1.82, 2.24) is 10.6 Å². The highest BCUT2D eigenvalue weighted by Crippen LogP contribution is 2.23. The Labute approximate surface area is 140 Å². The lowest BCUT2D eigenvalue weighted by molar-refractivity contribution is 0.409. The van der Waals surface area contributed by atoms with E-state index in [2.05, 4.69) is 31.6 Å². The van der Waals surface area contributed by atoms with E-state index in [0.717, 1.165) is 34.8 Å². The summed E-state index contributed by atoms with van der Waals surface area (Å²) in [5.41, 5.74) is 1.06. The van der Waals surface area contributed by atoms with Crippen LogP contribution in [0.25, 0.3) is 0 Å². The number of hydrogen-bond acceptors (Lipinski definition) is 2. The number of guanidine groups is 1. The number of nitrogens with zero attached hydrogens (tertiary/aromatic N) is 1. The van der Waals surface area contributed by atoms with Crippen LogP contribution in [0.15, 0.2) is 27.7 Å². The molecule has 0 radical (unpaired) electrons. The Bertz CT molecular complexity index is 405. The zero-order valence-electron chi connectivity index (χ0n) is 11.5. The minimum atomic E-state index is 0. The number of rotatable bonds is 5. The number of aliphatic imine (C=N–C) groups is 1. The number of nitrogens with one attached hydrogen (secondary N) is 2. The van der Waals surface area contributed by atoms with Crippen molar-refractivity contribution in [3.8, 4) is 5.75 Å². The topological polar surface area (TPSA) is 45.7 Å². The van der Waals surface area contributed by atoms with Crippen LogP contribution in [0.3, 0.4) is 0 Å². The molecule has 1 aromatic carbocycles. The number of benzene rings is 1. The van der Waals surface area contributed by atoms with Gasteiger partial charge in [-0.2, -0.15) is 0 Å². The zero-order valence-corrected chi connectivity index (χ0v) is 15.4. The summed E-state index contributed by atoms with van der Waals surface area (Å²) in [6, 6.07) is 5.93. The van der Waals surface area contributed by atoms with Gasteiger partial charge in [0.1, 0.15) is 5.75 Å². The lowest BCUT2D eigenvalue weighted by atomic mass is 10.2. The van der Waals surface area contributed by atoms with Crippen LogP contribution >= 0.6 is 39.9 Å². The largest absolute Gasteiger partial charge is 0.496 e. The molecular weight excluding hydrogens is 421 g/mol. The Balaban J connectivity index is 0.00000324. The molecule has 0 aromatic heterocycles. The molecule has 0 heterocycles. The van der Waals surface area contributed by atoms with Gasteiger partial charge in [-0.25, -0.2) is 4.99 Å². The van der Waals surface area contributed by atoms with E-state index >= 15 is 0 Å². The van der Waals surface area contributed by atoms with Crippen LogP contribution in [0.2, 0.25) is 0 Å². The molecule has 0 spiro atoms. The van der Waals surface area contributed by atoms with Crippen molar-refractivity contribution >= 4 is 45.9 Å². The highest BCUT2D eigenvalue weighted by Gasteiger charge is 2.03. The molecule has 2 N–H and O–H groups in total. The van der Waals surface area contributed by atoms with Gasteiger partial charge in [0, 0.05) is 23.1 Å². The first-order chi connectivity index (χ1) is 8.71. The van der Waals surface area contributed by atoms with E-state index in [-0.39, 0.29) is 24.0 Å². The first kappa shape index (κ1) is 18.5. The average molecular weight is 442 g/mol. The van der Waals surface area contributed by atoms with Crippen molar-refractivity contribution in [2.75, 3.05) is 20.2 Å². The molecule has 0 fully saturated rings. The van der Waals surface area contributed by atoms with Crippen LogP contribution in [-0.4, -0.2) is 26.2 Å². The minimum Gasteiger partial charge on any atom is -0.496 e. The van der Waals surface area contributed by atoms with Crippen molar-refractivity contribution in [2.24, 2.45) is 4.99 Å². The maximum atomic E-state index is 5.32. The second kappa shape index (κ2) is 10.3. The first-order valence-corrected chi connectivity index (χ1v) is 6.85. The molecule has 6 heteroatoms. The monoisotopic (exact) mass is 441 g/mol. The van der Waals surface area contributed by atoms with Crippen LogP contribution in [-0.2, 0) is 6.54 Å². The summed E-state index contributed by atoms with van der Waals surface area (Å²) in [7, 11) is 1.67. The fraction of sp³-hybridized carbons (Fsp3) is 0.462. The third-order valence-corrected chi connectivity index (χ3v) is 2.83. The fourth-order valence-corrected chi connectivity index (χ4v) is 1.95. The Kier molecular flexibility index (Phi) is 10.0. The highest BCUT2D eigenvalue weighted by atomic mass is 127. The predicted molar refractivity (Wildman–Crippen MR) is 94.6 cm³/mol. The van der Waals surface area contributed by atoms with Crippen molar-refractivity contribution in [3.63, 3.8) is 0 Å². The molecule has 108 valence electrons. The molecule has 0 aliphatic rings. The van der Waals surface area contributed by atoms with E-state index in [1.54, 1.807) is 7.11 Å². The number of halogens is 2. The van der Waals surface area contributed by atoms with Gasteiger partial charge in [-0.3, -0.25) is 0 Å². The molecule has 0 atom stereocenters. The van der Waals surface area contributed by atoms with Gasteiger partial charge in [0.2, 0.25) is 0 Å². The molecule has 0 saturated heterocycles. The SMILES string of the molecule is CCNC(=NCc1cc(Br)ccc1OC)NCC.I. The Morgan fingerprint density at radius 2 is 1.89 bits per heavy atom. The third kappa shape index (κ3) is 6.47. The van der Waals surface area contributed by atoms with Gasteiger partial charge in [-0.05, 0) is 32.0 Å². The second-order valence-corrected chi connectivity index (χ2v) is 4.60. The van der Waals surface area contributed by atoms with E-state index in [1.165, 1.54) is 0 Å². The molecule has 0 bridgehead atoms. The summed E-state index contributed by atoms with van der Waals surface area (Å²) < 4.78 is 6.35. The van der Waals surface area contributed by atoms with Gasteiger partial charge >= 0.3 is 0 Å². The van der Waals surface area contributed by atoms with Crippen LogP contribution in [0.5, 0.6) is 5.75 Å². The molecule has 0 aliphatic heterocycles. The van der Waals surface area contributed by atoms with Crippen molar-refractivity contribution in [3.05, 3.63) is 28.2 Å². The maximum absolute atomic E-state index is 5.32. The first-order valence-electron chi connectivity index (χ1n) is 6.05. The van der Waals surface area contributed by atoms with Crippen LogP contribution in [0.4, 0.5) is 0 Å². The van der Waals surface area contributed by atoms with E-state index in [1.807, 2.05) is 32.0 Å². The minimum absolute atomic E-state index is 0. The molecule has 0 saturated carbocycles. The summed E-state index contributed by atoms with van der Waals surface area (Å²) in [6.45, 7) is 6.37. The molecular formula is C13H21BrIN3O. The van der Waals surface area contributed by atoms with Gasteiger partial charge in [0.15, 0.2) is 5.96 Å². The van der Waals surface area contributed by atoms with E-state index < -0.39 is 0 Å². The van der Waals surface area contributed by atoms with Gasteiger partial charge < -0.3 is 15.4 Å². The number of ether oxygens (including phenoxy) is 1. The van der Waals surface area contributed by atoms with Gasteiger partial charge in [0.05, 0.1) is 13.7 Å². The summed E-state index contributed by atoms with van der Waals surface area (Å²) >= 11 is 3.46. The fourth-order valence-electron chi connectivity index (χ4n) is 1.54. The van der Waals surface area contributed by atoms with Gasteiger partial charge in [0.25, 0.3) is 0 Å². The molecule has 1 rings (SSSR count). The summed E-state index contributed by atoms with van der Waals surface area (Å²) in [5, 5.41) is 6.38. The van der Waals surface area contributed by atoms with Gasteiger partial charge in [-0.1, -0.05) is 15.9 Å². The maximum Gasteiger partial charge on any atom is 0.191 e. The summed E-state index contributed by atoms with van der Waals surface area (Å²) in [6.07, 6.45) is 0. The number of methoxy groups -OCH3 is 1. The lowest BCUT2D eigenvalue weighted by Gasteiger charge is -2.11. The van der Waals surface area contributed by atoms with Crippen LogP contribution in [0, 0.1) is 0 Å². The highest BCUT2D eigenvalue weighted by molar-refractivity contribution is 14.0. The van der Waals surface area contributed by atoms with Crippen molar-refractivity contribution < 1.29 is 4.74 Å². The van der Waals surface area contributed by atoms with E-state index in [9.17, 15) is 0 Å². The van der Waals surface area contributed by atoms with Crippen LogP contribution < -0.4 is 15.4 Å². The summed E-state index contributed by atoms with van der Waals surface area (Å²) in [5.74, 6) is 1.68. The molecule has 4 nitrogen and oxygen atoms in total. The zero-order chi connectivity index (χ0) is 13.4. The predicted octanol–water partition coefficient (Wildman–Crippen LogP) is 3.15. The standard InChI is InChI=1S/C13H20BrN3O.HI/c1-4-15-13(16-5-2)17-9-10-8-11(14)6-7-12(10)18-3;/h6-8H,4-5,9H2,1-3H3,(H2,15,16,17);1H. The van der Waals surface area contributed by atoms with Crippen LogP contribution in [0.1, 0.15) is 19.4 Å². The quantitative estimate of drug-likeness (QED) is 0.419. The number of hydrogen-bond donors (Lipinski definition) is 2. The average Bonchev–Trinajstić information content (AvgIpc) is 2.36. The Hall–Kier alpha value is -0.500. The van der Waals surface area contributed by atoms with Crippen molar-refractivity contribution in [2.45, 2.75) is 20.4 Å². The molecule has 0 unspecified atom stereocenters.